The summed E-state index contributed by atoms with van der Waals surface area (Å²) in [7, 11) is 0. The van der Waals surface area contributed by atoms with Crippen LogP contribution in [0, 0.1) is 5.92 Å². The van der Waals surface area contributed by atoms with Crippen molar-refractivity contribution in [3.8, 4) is 0 Å². The number of piperidine rings is 1. The van der Waals surface area contributed by atoms with Gasteiger partial charge in [0.05, 0.1) is 16.5 Å². The zero-order chi connectivity index (χ0) is 17.1. The van der Waals surface area contributed by atoms with Gasteiger partial charge in [0.15, 0.2) is 5.13 Å². The first-order chi connectivity index (χ1) is 11.5. The molecule has 0 aliphatic carbocycles. The number of carbonyl (C=O) groups is 2. The number of thiazole rings is 1. The molecule has 1 atom stereocenters. The maximum atomic E-state index is 12.5. The van der Waals surface area contributed by atoms with Gasteiger partial charge in [0.25, 0.3) is 5.91 Å². The minimum Gasteiger partial charge on any atom is -0.337 e. The molecular weight excluding hydrogens is 342 g/mol. The van der Waals surface area contributed by atoms with E-state index in [9.17, 15) is 9.59 Å². The second kappa shape index (κ2) is 7.44. The van der Waals surface area contributed by atoms with Crippen molar-refractivity contribution >= 4 is 39.6 Å². The summed E-state index contributed by atoms with van der Waals surface area (Å²) in [5.41, 5.74) is 0.994. The van der Waals surface area contributed by atoms with Gasteiger partial charge in [-0.05, 0) is 30.2 Å². The number of carbonyl (C=O) groups excluding carboxylic acids is 2. The molecule has 0 aromatic carbocycles. The molecule has 0 bridgehead atoms. The van der Waals surface area contributed by atoms with Gasteiger partial charge in [-0.25, -0.2) is 4.98 Å². The van der Waals surface area contributed by atoms with Crippen LogP contribution in [0.3, 0.4) is 0 Å². The maximum absolute atomic E-state index is 12.5. The topological polar surface area (TPSA) is 62.3 Å². The number of likely N-dealkylation sites (tertiary alicyclic amines) is 1. The molecule has 7 heteroatoms. The van der Waals surface area contributed by atoms with Gasteiger partial charge in [-0.1, -0.05) is 19.9 Å². The van der Waals surface area contributed by atoms with Gasteiger partial charge in [0.2, 0.25) is 5.91 Å². The van der Waals surface area contributed by atoms with E-state index in [1.165, 1.54) is 22.7 Å². The van der Waals surface area contributed by atoms with Crippen LogP contribution in [-0.2, 0) is 4.79 Å². The SMILES string of the molecule is CC(C)c1csc(NC(=O)[C@H]2CCCN(C(=O)c3cccs3)C2)n1. The molecule has 1 aliphatic rings. The standard InChI is InChI=1S/C17H21N3O2S2/c1-11(2)13-10-24-17(18-13)19-15(21)12-5-3-7-20(9-12)16(22)14-6-4-8-23-14/h4,6,8,10-12H,3,5,7,9H2,1-2H3,(H,18,19,21)/t12-/m0/s1. The Morgan fingerprint density at radius 3 is 2.88 bits per heavy atom. The molecule has 0 saturated carbocycles. The summed E-state index contributed by atoms with van der Waals surface area (Å²) in [6, 6.07) is 3.71. The van der Waals surface area contributed by atoms with E-state index in [4.69, 9.17) is 0 Å². The van der Waals surface area contributed by atoms with E-state index in [0.717, 1.165) is 30.0 Å². The fourth-order valence-corrected chi connectivity index (χ4v) is 4.31. The van der Waals surface area contributed by atoms with Gasteiger partial charge in [-0.2, -0.15) is 0 Å². The molecule has 1 aliphatic heterocycles. The lowest BCUT2D eigenvalue weighted by Gasteiger charge is -2.31. The van der Waals surface area contributed by atoms with Gasteiger partial charge in [-0.15, -0.1) is 22.7 Å². The van der Waals surface area contributed by atoms with E-state index in [2.05, 4.69) is 24.1 Å². The molecule has 0 unspecified atom stereocenters. The van der Waals surface area contributed by atoms with Crippen molar-refractivity contribution in [1.29, 1.82) is 0 Å². The molecule has 3 heterocycles. The highest BCUT2D eigenvalue weighted by molar-refractivity contribution is 7.14. The highest BCUT2D eigenvalue weighted by Crippen LogP contribution is 2.24. The fourth-order valence-electron chi connectivity index (χ4n) is 2.75. The first-order valence-corrected chi connectivity index (χ1v) is 9.89. The number of nitrogens with zero attached hydrogens (tertiary/aromatic N) is 2. The Balaban J connectivity index is 1.61. The van der Waals surface area contributed by atoms with E-state index in [0.29, 0.717) is 17.6 Å². The Bertz CT molecular complexity index is 709. The summed E-state index contributed by atoms with van der Waals surface area (Å²) >= 11 is 2.90. The maximum Gasteiger partial charge on any atom is 0.263 e. The number of hydrogen-bond donors (Lipinski definition) is 1. The van der Waals surface area contributed by atoms with Crippen molar-refractivity contribution < 1.29 is 9.59 Å². The number of aromatic nitrogens is 1. The highest BCUT2D eigenvalue weighted by Gasteiger charge is 2.29. The zero-order valence-electron chi connectivity index (χ0n) is 13.8. The number of anilines is 1. The second-order valence-corrected chi connectivity index (χ2v) is 8.09. The predicted octanol–water partition coefficient (Wildman–Crippen LogP) is 3.82. The summed E-state index contributed by atoms with van der Waals surface area (Å²) in [5.74, 6) is 0.164. The normalized spacial score (nSPS) is 18.0. The summed E-state index contributed by atoms with van der Waals surface area (Å²) in [5, 5.41) is 7.44. The molecule has 0 radical (unpaired) electrons. The molecule has 1 saturated heterocycles. The lowest BCUT2D eigenvalue weighted by Crippen LogP contribution is -2.43. The van der Waals surface area contributed by atoms with Crippen molar-refractivity contribution in [1.82, 2.24) is 9.88 Å². The van der Waals surface area contributed by atoms with Crippen LogP contribution >= 0.6 is 22.7 Å². The third kappa shape index (κ3) is 3.84. The van der Waals surface area contributed by atoms with Crippen LogP contribution in [-0.4, -0.2) is 34.8 Å². The Kier molecular flexibility index (Phi) is 5.30. The first kappa shape index (κ1) is 17.1. The fraction of sp³-hybridized carbons (Fsp3) is 0.471. The van der Waals surface area contributed by atoms with E-state index in [-0.39, 0.29) is 17.7 Å². The van der Waals surface area contributed by atoms with E-state index >= 15 is 0 Å². The quantitative estimate of drug-likeness (QED) is 0.898. The van der Waals surface area contributed by atoms with Crippen molar-refractivity contribution in [3.63, 3.8) is 0 Å². The third-order valence-electron chi connectivity index (χ3n) is 4.15. The van der Waals surface area contributed by atoms with Crippen LogP contribution in [0.5, 0.6) is 0 Å². The van der Waals surface area contributed by atoms with Crippen LogP contribution in [0.25, 0.3) is 0 Å². The monoisotopic (exact) mass is 363 g/mol. The molecule has 24 heavy (non-hydrogen) atoms. The average Bonchev–Trinajstić information content (AvgIpc) is 3.26. The zero-order valence-corrected chi connectivity index (χ0v) is 15.5. The Morgan fingerprint density at radius 1 is 1.38 bits per heavy atom. The summed E-state index contributed by atoms with van der Waals surface area (Å²) in [6.07, 6.45) is 1.66. The molecule has 0 spiro atoms. The molecule has 5 nitrogen and oxygen atoms in total. The van der Waals surface area contributed by atoms with E-state index in [1.807, 2.05) is 22.9 Å². The van der Waals surface area contributed by atoms with Crippen LogP contribution in [0.15, 0.2) is 22.9 Å². The molecule has 1 N–H and O–H groups in total. The highest BCUT2D eigenvalue weighted by atomic mass is 32.1. The molecule has 2 aromatic heterocycles. The van der Waals surface area contributed by atoms with Crippen molar-refractivity contribution in [2.45, 2.75) is 32.6 Å². The summed E-state index contributed by atoms with van der Waals surface area (Å²) < 4.78 is 0. The Hall–Kier alpha value is -1.73. The third-order valence-corrected chi connectivity index (χ3v) is 5.79. The number of nitrogens with one attached hydrogen (secondary N) is 1. The van der Waals surface area contributed by atoms with Gasteiger partial charge < -0.3 is 10.2 Å². The van der Waals surface area contributed by atoms with E-state index in [1.54, 1.807) is 4.90 Å². The van der Waals surface area contributed by atoms with Crippen LogP contribution in [0.4, 0.5) is 5.13 Å². The number of rotatable bonds is 4. The van der Waals surface area contributed by atoms with Gasteiger partial charge in [-0.3, -0.25) is 9.59 Å². The largest absolute Gasteiger partial charge is 0.337 e. The van der Waals surface area contributed by atoms with Crippen molar-refractivity contribution in [2.75, 3.05) is 18.4 Å². The van der Waals surface area contributed by atoms with Crippen molar-refractivity contribution in [3.05, 3.63) is 33.5 Å². The summed E-state index contributed by atoms with van der Waals surface area (Å²) in [4.78, 5) is 32.0. The second-order valence-electron chi connectivity index (χ2n) is 6.29. The van der Waals surface area contributed by atoms with Crippen LogP contribution < -0.4 is 5.32 Å². The van der Waals surface area contributed by atoms with Crippen LogP contribution in [0.1, 0.15) is 48.0 Å². The Morgan fingerprint density at radius 2 is 2.21 bits per heavy atom. The summed E-state index contributed by atoms with van der Waals surface area (Å²) in [6.45, 7) is 5.35. The lowest BCUT2D eigenvalue weighted by atomic mass is 9.97. The molecule has 128 valence electrons. The van der Waals surface area contributed by atoms with Crippen LogP contribution in [0.2, 0.25) is 0 Å². The molecule has 2 amide bonds. The first-order valence-electron chi connectivity index (χ1n) is 8.13. The van der Waals surface area contributed by atoms with Gasteiger partial charge >= 0.3 is 0 Å². The van der Waals surface area contributed by atoms with Gasteiger partial charge in [0, 0.05) is 18.5 Å². The van der Waals surface area contributed by atoms with E-state index < -0.39 is 0 Å². The molecule has 2 aromatic rings. The average molecular weight is 364 g/mol. The van der Waals surface area contributed by atoms with Crippen molar-refractivity contribution in [2.24, 2.45) is 5.92 Å². The molecular formula is C17H21N3O2S2. The molecule has 3 rings (SSSR count). The number of thiophene rings is 1. The smallest absolute Gasteiger partial charge is 0.263 e. The van der Waals surface area contributed by atoms with Gasteiger partial charge in [0.1, 0.15) is 0 Å². The minimum atomic E-state index is -0.172. The minimum absolute atomic E-state index is 0.0267. The lowest BCUT2D eigenvalue weighted by molar-refractivity contribution is -0.121. The Labute approximate surface area is 149 Å². The number of amides is 2. The predicted molar refractivity (Wildman–Crippen MR) is 97.8 cm³/mol. The molecule has 1 fully saturated rings. The number of hydrogen-bond acceptors (Lipinski definition) is 5.